The van der Waals surface area contributed by atoms with Crippen molar-refractivity contribution in [3.05, 3.63) is 0 Å². The van der Waals surface area contributed by atoms with E-state index in [1.54, 1.807) is 7.11 Å². The lowest BCUT2D eigenvalue weighted by Crippen LogP contribution is -2.46. The third-order valence-electron chi connectivity index (χ3n) is 4.10. The van der Waals surface area contributed by atoms with Gasteiger partial charge in [-0.1, -0.05) is 6.42 Å². The summed E-state index contributed by atoms with van der Waals surface area (Å²) in [6.45, 7) is 4.27. The monoisotopic (exact) mass is 226 g/mol. The fraction of sp³-hybridized carbons (Fsp3) is 1.00. The largest absolute Gasteiger partial charge is 0.383 e. The van der Waals surface area contributed by atoms with E-state index < -0.39 is 0 Å². The van der Waals surface area contributed by atoms with E-state index in [1.165, 1.54) is 38.6 Å². The van der Waals surface area contributed by atoms with Crippen LogP contribution in [0.2, 0.25) is 0 Å². The molecule has 2 rings (SSSR count). The predicted octanol–water partition coefficient (Wildman–Crippen LogP) is 1.53. The summed E-state index contributed by atoms with van der Waals surface area (Å²) in [6, 6.07) is 1.97. The van der Waals surface area contributed by atoms with Gasteiger partial charge in [-0.15, -0.1) is 0 Å². The SMILES string of the molecule is COCC(C)NC1CCCC1C1CCCN1. The average Bonchev–Trinajstić information content (AvgIpc) is 2.86. The van der Waals surface area contributed by atoms with Gasteiger partial charge in [0.05, 0.1) is 6.61 Å². The minimum Gasteiger partial charge on any atom is -0.383 e. The molecule has 94 valence electrons. The number of nitrogens with one attached hydrogen (secondary N) is 2. The highest BCUT2D eigenvalue weighted by Crippen LogP contribution is 2.32. The average molecular weight is 226 g/mol. The molecular formula is C13H26N2O. The van der Waals surface area contributed by atoms with Gasteiger partial charge < -0.3 is 15.4 Å². The third kappa shape index (κ3) is 2.96. The van der Waals surface area contributed by atoms with Crippen LogP contribution in [0.25, 0.3) is 0 Å². The minimum absolute atomic E-state index is 0.483. The van der Waals surface area contributed by atoms with E-state index >= 15 is 0 Å². The van der Waals surface area contributed by atoms with Crippen LogP contribution < -0.4 is 10.6 Å². The molecule has 1 aliphatic carbocycles. The van der Waals surface area contributed by atoms with Crippen LogP contribution in [0.5, 0.6) is 0 Å². The van der Waals surface area contributed by atoms with E-state index in [1.807, 2.05) is 0 Å². The van der Waals surface area contributed by atoms with Crippen molar-refractivity contribution in [2.75, 3.05) is 20.3 Å². The third-order valence-corrected chi connectivity index (χ3v) is 4.10. The van der Waals surface area contributed by atoms with Gasteiger partial charge in [0.25, 0.3) is 0 Å². The Balaban J connectivity index is 1.82. The Kier molecular flexibility index (Phi) is 4.62. The molecule has 1 heterocycles. The molecule has 4 unspecified atom stereocenters. The van der Waals surface area contributed by atoms with Gasteiger partial charge in [0, 0.05) is 25.2 Å². The molecule has 4 atom stereocenters. The molecule has 2 N–H and O–H groups in total. The molecule has 0 aromatic rings. The van der Waals surface area contributed by atoms with Gasteiger partial charge in [-0.3, -0.25) is 0 Å². The molecule has 0 aromatic heterocycles. The second-order valence-electron chi connectivity index (χ2n) is 5.43. The standard InChI is InChI=1S/C13H26N2O/c1-10(9-16-2)15-13-6-3-5-11(13)12-7-4-8-14-12/h10-15H,3-9H2,1-2H3. The quantitative estimate of drug-likeness (QED) is 0.746. The fourth-order valence-electron chi connectivity index (χ4n) is 3.42. The molecule has 0 radical (unpaired) electrons. The Hall–Kier alpha value is -0.120. The summed E-state index contributed by atoms with van der Waals surface area (Å²) in [5.74, 6) is 0.849. The Labute approximate surface area is 99.3 Å². The summed E-state index contributed by atoms with van der Waals surface area (Å²) in [5, 5.41) is 7.40. The summed E-state index contributed by atoms with van der Waals surface area (Å²) >= 11 is 0. The van der Waals surface area contributed by atoms with Gasteiger partial charge in [0.2, 0.25) is 0 Å². The fourth-order valence-corrected chi connectivity index (χ4v) is 3.42. The Morgan fingerprint density at radius 2 is 2.19 bits per heavy atom. The molecule has 0 bridgehead atoms. The number of ether oxygens (including phenoxy) is 1. The second kappa shape index (κ2) is 5.99. The molecule has 0 aromatic carbocycles. The van der Waals surface area contributed by atoms with Gasteiger partial charge in [-0.05, 0) is 45.1 Å². The van der Waals surface area contributed by atoms with E-state index in [9.17, 15) is 0 Å². The molecule has 1 aliphatic heterocycles. The van der Waals surface area contributed by atoms with Crippen LogP contribution in [0.1, 0.15) is 39.0 Å². The maximum atomic E-state index is 5.20. The maximum absolute atomic E-state index is 5.20. The smallest absolute Gasteiger partial charge is 0.0613 e. The van der Waals surface area contributed by atoms with Crippen molar-refractivity contribution in [1.29, 1.82) is 0 Å². The highest BCUT2D eigenvalue weighted by Gasteiger charge is 2.35. The molecule has 1 saturated carbocycles. The normalized spacial score (nSPS) is 36.8. The van der Waals surface area contributed by atoms with Gasteiger partial charge >= 0.3 is 0 Å². The zero-order valence-electron chi connectivity index (χ0n) is 10.7. The molecule has 3 heteroatoms. The topological polar surface area (TPSA) is 33.3 Å². The number of hydrogen-bond acceptors (Lipinski definition) is 3. The molecule has 16 heavy (non-hydrogen) atoms. The zero-order chi connectivity index (χ0) is 11.4. The van der Waals surface area contributed by atoms with Crippen molar-refractivity contribution in [3.8, 4) is 0 Å². The van der Waals surface area contributed by atoms with Crippen molar-refractivity contribution in [2.45, 2.75) is 57.2 Å². The van der Waals surface area contributed by atoms with Crippen molar-refractivity contribution < 1.29 is 4.74 Å². The summed E-state index contributed by atoms with van der Waals surface area (Å²) in [5.41, 5.74) is 0. The summed E-state index contributed by atoms with van der Waals surface area (Å²) < 4.78 is 5.20. The molecule has 3 nitrogen and oxygen atoms in total. The first-order valence-corrected chi connectivity index (χ1v) is 6.79. The zero-order valence-corrected chi connectivity index (χ0v) is 10.7. The first kappa shape index (κ1) is 12.3. The van der Waals surface area contributed by atoms with E-state index in [0.717, 1.165) is 18.6 Å². The van der Waals surface area contributed by atoms with E-state index in [-0.39, 0.29) is 0 Å². The number of rotatable bonds is 5. The second-order valence-corrected chi connectivity index (χ2v) is 5.43. The highest BCUT2D eigenvalue weighted by molar-refractivity contribution is 4.93. The summed E-state index contributed by atoms with van der Waals surface area (Å²) in [7, 11) is 1.78. The van der Waals surface area contributed by atoms with Crippen molar-refractivity contribution >= 4 is 0 Å². The van der Waals surface area contributed by atoms with Gasteiger partial charge in [-0.2, -0.15) is 0 Å². The van der Waals surface area contributed by atoms with Crippen LogP contribution in [-0.4, -0.2) is 38.4 Å². The number of hydrogen-bond donors (Lipinski definition) is 2. The van der Waals surface area contributed by atoms with Crippen LogP contribution in [0.4, 0.5) is 0 Å². The van der Waals surface area contributed by atoms with E-state index in [2.05, 4.69) is 17.6 Å². The lowest BCUT2D eigenvalue weighted by atomic mass is 9.93. The number of methoxy groups -OCH3 is 1. The van der Waals surface area contributed by atoms with E-state index in [0.29, 0.717) is 12.1 Å². The Morgan fingerprint density at radius 3 is 2.88 bits per heavy atom. The lowest BCUT2D eigenvalue weighted by Gasteiger charge is -2.29. The van der Waals surface area contributed by atoms with Crippen LogP contribution in [0.15, 0.2) is 0 Å². The predicted molar refractivity (Wildman–Crippen MR) is 66.6 cm³/mol. The van der Waals surface area contributed by atoms with Gasteiger partial charge in [0.1, 0.15) is 0 Å². The lowest BCUT2D eigenvalue weighted by molar-refractivity contribution is 0.159. The molecule has 1 saturated heterocycles. The molecule has 2 aliphatic rings. The first-order valence-electron chi connectivity index (χ1n) is 6.79. The van der Waals surface area contributed by atoms with Crippen molar-refractivity contribution in [3.63, 3.8) is 0 Å². The minimum atomic E-state index is 0.483. The van der Waals surface area contributed by atoms with Crippen molar-refractivity contribution in [2.24, 2.45) is 5.92 Å². The highest BCUT2D eigenvalue weighted by atomic mass is 16.5. The van der Waals surface area contributed by atoms with Crippen molar-refractivity contribution in [1.82, 2.24) is 10.6 Å². The molecular weight excluding hydrogens is 200 g/mol. The Morgan fingerprint density at radius 1 is 1.31 bits per heavy atom. The maximum Gasteiger partial charge on any atom is 0.0613 e. The summed E-state index contributed by atoms with van der Waals surface area (Å²) in [4.78, 5) is 0. The van der Waals surface area contributed by atoms with Crippen LogP contribution in [0.3, 0.4) is 0 Å². The molecule has 2 fully saturated rings. The molecule has 0 spiro atoms. The Bertz CT molecular complexity index is 204. The van der Waals surface area contributed by atoms with Crippen LogP contribution in [-0.2, 0) is 4.74 Å². The van der Waals surface area contributed by atoms with Crippen LogP contribution in [0, 0.1) is 5.92 Å². The van der Waals surface area contributed by atoms with Gasteiger partial charge in [0.15, 0.2) is 0 Å². The van der Waals surface area contributed by atoms with Gasteiger partial charge in [-0.25, -0.2) is 0 Å². The van der Waals surface area contributed by atoms with E-state index in [4.69, 9.17) is 4.74 Å². The first-order chi connectivity index (χ1) is 7.81. The molecule has 0 amide bonds. The van der Waals surface area contributed by atoms with Crippen LogP contribution >= 0.6 is 0 Å². The summed E-state index contributed by atoms with van der Waals surface area (Å²) in [6.07, 6.45) is 6.87.